The Bertz CT molecular complexity index is 1600. The fourth-order valence-corrected chi connectivity index (χ4v) is 10.9. The predicted molar refractivity (Wildman–Crippen MR) is 195 cm³/mol. The standard InChI is InChI=1S/C44H58O3/c1-30(2)10-5-8-13-35-17-20-40-39-19-16-36-29-38(21-23-44(36,4)41(39)22-24-43(35,40)3)47-42(45)14-9-25-46-37-18-15-33-26-31-11-6-7-12-32(31)27-34(33)28-37/h6-7,11-12,15-16,18,26-28,30,35,38-41H,5,8-10,13-14,17,19-25,29H2,1-4H3. The maximum absolute atomic E-state index is 12.9. The van der Waals surface area contributed by atoms with Crippen molar-refractivity contribution in [3.8, 4) is 5.75 Å². The quantitative estimate of drug-likeness (QED) is 0.0911. The molecule has 3 aromatic carbocycles. The molecular formula is C44H58O3. The third-order valence-electron chi connectivity index (χ3n) is 13.6. The smallest absolute Gasteiger partial charge is 0.306 e. The van der Waals surface area contributed by atoms with Crippen LogP contribution in [0.2, 0.25) is 0 Å². The maximum atomic E-state index is 12.9. The van der Waals surface area contributed by atoms with Crippen LogP contribution in [0, 0.1) is 40.4 Å². The number of benzene rings is 3. The van der Waals surface area contributed by atoms with Crippen LogP contribution in [0.5, 0.6) is 5.75 Å². The number of hydrogen-bond acceptors (Lipinski definition) is 3. The van der Waals surface area contributed by atoms with E-state index in [0.717, 1.165) is 48.2 Å². The number of carbonyl (C=O) groups is 1. The van der Waals surface area contributed by atoms with Gasteiger partial charge in [-0.05, 0) is 144 Å². The molecule has 0 amide bonds. The van der Waals surface area contributed by atoms with Gasteiger partial charge in [-0.15, -0.1) is 0 Å². The van der Waals surface area contributed by atoms with E-state index in [4.69, 9.17) is 9.47 Å². The fourth-order valence-electron chi connectivity index (χ4n) is 10.9. The van der Waals surface area contributed by atoms with Crippen LogP contribution < -0.4 is 4.74 Å². The normalized spacial score (nSPS) is 31.7. The van der Waals surface area contributed by atoms with Crippen LogP contribution in [0.25, 0.3) is 21.5 Å². The molecular weight excluding hydrogens is 576 g/mol. The zero-order chi connectivity index (χ0) is 32.6. The van der Waals surface area contributed by atoms with Crippen molar-refractivity contribution in [2.75, 3.05) is 6.61 Å². The van der Waals surface area contributed by atoms with Crippen molar-refractivity contribution in [2.24, 2.45) is 40.4 Å². The van der Waals surface area contributed by atoms with E-state index in [0.29, 0.717) is 30.3 Å². The Morgan fingerprint density at radius 2 is 1.64 bits per heavy atom. The third-order valence-corrected chi connectivity index (χ3v) is 13.6. The van der Waals surface area contributed by atoms with Crippen molar-refractivity contribution in [2.45, 2.75) is 124 Å². The molecule has 4 aliphatic rings. The predicted octanol–water partition coefficient (Wildman–Crippen LogP) is 11.9. The van der Waals surface area contributed by atoms with Gasteiger partial charge in [0.25, 0.3) is 0 Å². The lowest BCUT2D eigenvalue weighted by atomic mass is 9.47. The summed E-state index contributed by atoms with van der Waals surface area (Å²) in [5.74, 6) is 5.12. The molecule has 3 saturated carbocycles. The Labute approximate surface area is 283 Å². The number of carbonyl (C=O) groups excluding carboxylic acids is 1. The Kier molecular flexibility index (Phi) is 9.47. The molecule has 0 spiro atoms. The summed E-state index contributed by atoms with van der Waals surface area (Å²) in [6, 6.07) is 19.2. The first-order valence-corrected chi connectivity index (χ1v) is 19.2. The molecule has 0 aromatic heterocycles. The average molecular weight is 635 g/mol. The zero-order valence-electron chi connectivity index (χ0n) is 29.6. The molecule has 7 rings (SSSR count). The molecule has 3 aromatic rings. The summed E-state index contributed by atoms with van der Waals surface area (Å²) in [6.45, 7) is 10.5. The minimum atomic E-state index is -0.0692. The van der Waals surface area contributed by atoms with E-state index in [2.05, 4.69) is 82.3 Å². The molecule has 0 bridgehead atoms. The molecule has 3 fully saturated rings. The molecule has 7 unspecified atom stereocenters. The second kappa shape index (κ2) is 13.6. The molecule has 3 heteroatoms. The van der Waals surface area contributed by atoms with Crippen molar-refractivity contribution in [3.63, 3.8) is 0 Å². The van der Waals surface area contributed by atoms with Crippen LogP contribution in [-0.2, 0) is 9.53 Å². The Morgan fingerprint density at radius 3 is 2.45 bits per heavy atom. The summed E-state index contributed by atoms with van der Waals surface area (Å²) >= 11 is 0. The lowest BCUT2D eigenvalue weighted by Crippen LogP contribution is -2.50. The van der Waals surface area contributed by atoms with E-state index < -0.39 is 0 Å². The minimum absolute atomic E-state index is 0.0326. The van der Waals surface area contributed by atoms with Gasteiger partial charge >= 0.3 is 5.97 Å². The summed E-state index contributed by atoms with van der Waals surface area (Å²) in [5, 5.41) is 4.87. The van der Waals surface area contributed by atoms with Crippen LogP contribution in [0.3, 0.4) is 0 Å². The lowest BCUT2D eigenvalue weighted by molar-refractivity contribution is -0.151. The highest BCUT2D eigenvalue weighted by Gasteiger charge is 2.58. The zero-order valence-corrected chi connectivity index (χ0v) is 29.6. The van der Waals surface area contributed by atoms with Gasteiger partial charge in [-0.1, -0.05) is 88.9 Å². The van der Waals surface area contributed by atoms with Gasteiger partial charge in [-0.3, -0.25) is 4.79 Å². The van der Waals surface area contributed by atoms with E-state index in [1.54, 1.807) is 5.57 Å². The van der Waals surface area contributed by atoms with Crippen molar-refractivity contribution < 1.29 is 14.3 Å². The molecule has 4 aliphatic carbocycles. The highest BCUT2D eigenvalue weighted by atomic mass is 16.5. The number of ether oxygens (including phenoxy) is 2. The Balaban J connectivity index is 0.886. The van der Waals surface area contributed by atoms with E-state index in [1.165, 1.54) is 85.8 Å². The first-order valence-electron chi connectivity index (χ1n) is 19.2. The molecule has 0 saturated heterocycles. The molecule has 0 aliphatic heterocycles. The van der Waals surface area contributed by atoms with E-state index >= 15 is 0 Å². The molecule has 252 valence electrons. The fraction of sp³-hybridized carbons (Fsp3) is 0.614. The summed E-state index contributed by atoms with van der Waals surface area (Å²) in [7, 11) is 0. The third kappa shape index (κ3) is 6.62. The molecule has 3 nitrogen and oxygen atoms in total. The van der Waals surface area contributed by atoms with E-state index in [-0.39, 0.29) is 12.1 Å². The average Bonchev–Trinajstić information content (AvgIpc) is 3.40. The first kappa shape index (κ1) is 32.7. The van der Waals surface area contributed by atoms with Gasteiger partial charge in [0, 0.05) is 12.8 Å². The van der Waals surface area contributed by atoms with Crippen molar-refractivity contribution in [3.05, 3.63) is 66.2 Å². The first-order chi connectivity index (χ1) is 22.7. The number of esters is 1. The van der Waals surface area contributed by atoms with Crippen LogP contribution in [-0.4, -0.2) is 18.7 Å². The Hall–Kier alpha value is -2.81. The number of rotatable bonds is 11. The van der Waals surface area contributed by atoms with E-state index in [1.807, 2.05) is 6.07 Å². The van der Waals surface area contributed by atoms with Gasteiger partial charge in [0.1, 0.15) is 11.9 Å². The summed E-state index contributed by atoms with van der Waals surface area (Å²) in [5.41, 5.74) is 2.45. The van der Waals surface area contributed by atoms with Gasteiger partial charge < -0.3 is 9.47 Å². The van der Waals surface area contributed by atoms with Crippen molar-refractivity contribution in [1.29, 1.82) is 0 Å². The van der Waals surface area contributed by atoms with Gasteiger partial charge in [-0.2, -0.15) is 0 Å². The molecule has 7 atom stereocenters. The highest BCUT2D eigenvalue weighted by molar-refractivity contribution is 5.98. The number of hydrogen-bond donors (Lipinski definition) is 0. The van der Waals surface area contributed by atoms with Crippen LogP contribution in [0.4, 0.5) is 0 Å². The van der Waals surface area contributed by atoms with Crippen LogP contribution in [0.15, 0.2) is 66.2 Å². The topological polar surface area (TPSA) is 35.5 Å². The monoisotopic (exact) mass is 634 g/mol. The summed E-state index contributed by atoms with van der Waals surface area (Å²) in [4.78, 5) is 12.9. The van der Waals surface area contributed by atoms with Crippen molar-refractivity contribution >= 4 is 27.5 Å². The number of unbranched alkanes of at least 4 members (excludes halogenated alkanes) is 1. The second-order valence-electron chi connectivity index (χ2n) is 16.8. The minimum Gasteiger partial charge on any atom is -0.494 e. The Morgan fingerprint density at radius 1 is 0.851 bits per heavy atom. The molecule has 0 N–H and O–H groups in total. The van der Waals surface area contributed by atoms with Crippen molar-refractivity contribution in [1.82, 2.24) is 0 Å². The summed E-state index contributed by atoms with van der Waals surface area (Å²) < 4.78 is 12.2. The number of fused-ring (bicyclic) bond motifs is 7. The van der Waals surface area contributed by atoms with Crippen LogP contribution in [0.1, 0.15) is 118 Å². The van der Waals surface area contributed by atoms with Crippen LogP contribution >= 0.6 is 0 Å². The van der Waals surface area contributed by atoms with Gasteiger partial charge in [0.15, 0.2) is 0 Å². The van der Waals surface area contributed by atoms with Gasteiger partial charge in [0.05, 0.1) is 6.61 Å². The SMILES string of the molecule is CC(C)CCCCC1CCC2C3CC=C4CC(OC(=O)CCCOc5ccc6cc7ccccc7cc6c5)CCC4(C)C3CCC12C. The largest absolute Gasteiger partial charge is 0.494 e. The van der Waals surface area contributed by atoms with Gasteiger partial charge in [-0.25, -0.2) is 0 Å². The second-order valence-corrected chi connectivity index (χ2v) is 16.8. The van der Waals surface area contributed by atoms with E-state index in [9.17, 15) is 4.79 Å². The molecule has 0 radical (unpaired) electrons. The molecule has 47 heavy (non-hydrogen) atoms. The highest BCUT2D eigenvalue weighted by Crippen LogP contribution is 2.66. The lowest BCUT2D eigenvalue weighted by Gasteiger charge is -2.58. The summed E-state index contributed by atoms with van der Waals surface area (Å²) in [6.07, 6.45) is 19.5. The maximum Gasteiger partial charge on any atom is 0.306 e. The molecule has 0 heterocycles. The number of allylic oxidation sites excluding steroid dienone is 1. The van der Waals surface area contributed by atoms with Gasteiger partial charge in [0.2, 0.25) is 0 Å².